The Balaban J connectivity index is 0.00000280. The van der Waals surface area contributed by atoms with Crippen LogP contribution in [0.1, 0.15) is 28.2 Å². The fourth-order valence-electron chi connectivity index (χ4n) is 3.35. The van der Waals surface area contributed by atoms with Crippen LogP contribution in [0.25, 0.3) is 0 Å². The molecule has 0 amide bonds. The number of thiazole rings is 1. The van der Waals surface area contributed by atoms with Crippen LogP contribution in [0.15, 0.2) is 22.5 Å². The Kier molecular flexibility index (Phi) is 8.81. The topological polar surface area (TPSA) is 59.0 Å². The zero-order chi connectivity index (χ0) is 19.2. The molecule has 0 saturated carbocycles. The molecule has 1 N–H and O–H groups in total. The lowest BCUT2D eigenvalue weighted by Gasteiger charge is -2.32. The summed E-state index contributed by atoms with van der Waals surface area (Å²) in [5.41, 5.74) is 3.69. The van der Waals surface area contributed by atoms with E-state index >= 15 is 0 Å². The molecule has 2 aromatic rings. The van der Waals surface area contributed by atoms with E-state index in [1.807, 2.05) is 14.0 Å². The van der Waals surface area contributed by atoms with Crippen molar-refractivity contribution < 1.29 is 9.47 Å². The summed E-state index contributed by atoms with van der Waals surface area (Å²) in [6.07, 6.45) is 3.01. The number of ether oxygens (including phenoxy) is 2. The number of rotatable bonds is 6. The van der Waals surface area contributed by atoms with Crippen molar-refractivity contribution in [3.63, 3.8) is 0 Å². The summed E-state index contributed by atoms with van der Waals surface area (Å²) in [6, 6.07) is 4.18. The summed E-state index contributed by atoms with van der Waals surface area (Å²) in [5, 5.41) is 6.81. The summed E-state index contributed by atoms with van der Waals surface area (Å²) in [7, 11) is 5.20. The van der Waals surface area contributed by atoms with Crippen molar-refractivity contribution in [1.82, 2.24) is 15.2 Å². The van der Waals surface area contributed by atoms with E-state index in [9.17, 15) is 0 Å². The van der Waals surface area contributed by atoms with E-state index in [0.29, 0.717) is 0 Å². The average molecular weight is 516 g/mol. The number of halogens is 1. The lowest BCUT2D eigenvalue weighted by molar-refractivity contribution is 0.346. The molecule has 0 atom stereocenters. The van der Waals surface area contributed by atoms with Gasteiger partial charge in [-0.25, -0.2) is 4.98 Å². The van der Waals surface area contributed by atoms with Crippen molar-refractivity contribution in [3.8, 4) is 11.5 Å². The number of nitrogens with one attached hydrogen (secondary N) is 1. The van der Waals surface area contributed by atoms with Crippen LogP contribution < -0.4 is 14.8 Å². The molecule has 1 aromatic carbocycles. The lowest BCUT2D eigenvalue weighted by atomic mass is 9.99. The van der Waals surface area contributed by atoms with Gasteiger partial charge in [-0.05, 0) is 43.0 Å². The third kappa shape index (κ3) is 5.50. The van der Waals surface area contributed by atoms with Gasteiger partial charge in [0, 0.05) is 44.2 Å². The molecule has 3 rings (SSSR count). The van der Waals surface area contributed by atoms with Crippen molar-refractivity contribution in [2.75, 3.05) is 34.4 Å². The third-order valence-electron chi connectivity index (χ3n) is 4.75. The smallest absolute Gasteiger partial charge is 0.193 e. The molecule has 1 aliphatic rings. The van der Waals surface area contributed by atoms with Crippen LogP contribution in [0, 0.1) is 6.92 Å². The number of methoxy groups -OCH3 is 2. The minimum Gasteiger partial charge on any atom is -0.493 e. The van der Waals surface area contributed by atoms with Crippen LogP contribution in [0.4, 0.5) is 0 Å². The Morgan fingerprint density at radius 1 is 1.25 bits per heavy atom. The first kappa shape index (κ1) is 22.7. The zero-order valence-corrected chi connectivity index (χ0v) is 20.1. The monoisotopic (exact) mass is 516 g/mol. The highest BCUT2D eigenvalue weighted by molar-refractivity contribution is 14.0. The second-order valence-electron chi connectivity index (χ2n) is 6.61. The van der Waals surface area contributed by atoms with E-state index in [1.54, 1.807) is 25.6 Å². The number of aliphatic imine (C=N–C) groups is 1. The van der Waals surface area contributed by atoms with Gasteiger partial charge >= 0.3 is 0 Å². The number of guanidine groups is 1. The molecule has 0 bridgehead atoms. The average Bonchev–Trinajstić information content (AvgIpc) is 3.11. The molecule has 28 heavy (non-hydrogen) atoms. The molecule has 154 valence electrons. The molecular weight excluding hydrogens is 487 g/mol. The SMILES string of the molecule is CN=C(NCCCc1nc(C)cs1)N1CCc2cc(OC)c(OC)cc2C1.I. The predicted octanol–water partition coefficient (Wildman–Crippen LogP) is 3.65. The molecule has 2 heterocycles. The van der Waals surface area contributed by atoms with Crippen molar-refractivity contribution in [3.05, 3.63) is 39.3 Å². The molecule has 1 aromatic heterocycles. The largest absolute Gasteiger partial charge is 0.493 e. The van der Waals surface area contributed by atoms with Gasteiger partial charge in [-0.3, -0.25) is 4.99 Å². The molecule has 0 aliphatic carbocycles. The van der Waals surface area contributed by atoms with Gasteiger partial charge in [-0.2, -0.15) is 0 Å². The molecule has 0 fully saturated rings. The number of fused-ring (bicyclic) bond motifs is 1. The summed E-state index contributed by atoms with van der Waals surface area (Å²) >= 11 is 1.74. The number of aromatic nitrogens is 1. The highest BCUT2D eigenvalue weighted by Crippen LogP contribution is 2.33. The van der Waals surface area contributed by atoms with E-state index in [-0.39, 0.29) is 24.0 Å². The lowest BCUT2D eigenvalue weighted by Crippen LogP contribution is -2.44. The van der Waals surface area contributed by atoms with Gasteiger partial charge in [0.25, 0.3) is 0 Å². The molecule has 0 unspecified atom stereocenters. The number of nitrogens with zero attached hydrogens (tertiary/aromatic N) is 3. The zero-order valence-electron chi connectivity index (χ0n) is 16.9. The summed E-state index contributed by atoms with van der Waals surface area (Å²) in [4.78, 5) is 11.3. The Labute approximate surface area is 188 Å². The van der Waals surface area contributed by atoms with E-state index < -0.39 is 0 Å². The van der Waals surface area contributed by atoms with Gasteiger partial charge in [0.05, 0.1) is 19.2 Å². The van der Waals surface area contributed by atoms with Crippen LogP contribution in [-0.4, -0.2) is 50.2 Å². The number of benzene rings is 1. The van der Waals surface area contributed by atoms with Crippen molar-refractivity contribution in [2.45, 2.75) is 32.7 Å². The van der Waals surface area contributed by atoms with Crippen LogP contribution >= 0.6 is 35.3 Å². The minimum atomic E-state index is 0. The van der Waals surface area contributed by atoms with Gasteiger partial charge in [-0.1, -0.05) is 0 Å². The molecular formula is C20H29IN4O2S. The third-order valence-corrected chi connectivity index (χ3v) is 5.77. The number of hydrogen-bond donors (Lipinski definition) is 1. The van der Waals surface area contributed by atoms with Crippen molar-refractivity contribution in [2.24, 2.45) is 4.99 Å². The second-order valence-corrected chi connectivity index (χ2v) is 7.55. The summed E-state index contributed by atoms with van der Waals surface area (Å²) < 4.78 is 10.9. The van der Waals surface area contributed by atoms with E-state index in [4.69, 9.17) is 9.47 Å². The van der Waals surface area contributed by atoms with Crippen LogP contribution in [0.3, 0.4) is 0 Å². The molecule has 0 saturated heterocycles. The summed E-state index contributed by atoms with van der Waals surface area (Å²) in [5.74, 6) is 2.52. The molecule has 6 nitrogen and oxygen atoms in total. The number of hydrogen-bond acceptors (Lipinski definition) is 5. The van der Waals surface area contributed by atoms with Crippen molar-refractivity contribution >= 4 is 41.3 Å². The van der Waals surface area contributed by atoms with Crippen LogP contribution in [0.2, 0.25) is 0 Å². The minimum absolute atomic E-state index is 0. The Hall–Kier alpha value is -1.55. The molecule has 0 spiro atoms. The summed E-state index contributed by atoms with van der Waals surface area (Å²) in [6.45, 7) is 4.69. The fraction of sp³-hybridized carbons (Fsp3) is 0.500. The normalized spacial score (nSPS) is 13.6. The second kappa shape index (κ2) is 10.8. The first-order valence-corrected chi connectivity index (χ1v) is 10.1. The molecule has 8 heteroatoms. The van der Waals surface area contributed by atoms with E-state index in [2.05, 4.69) is 37.7 Å². The van der Waals surface area contributed by atoms with E-state index in [1.165, 1.54) is 16.1 Å². The predicted molar refractivity (Wildman–Crippen MR) is 126 cm³/mol. The van der Waals surface area contributed by atoms with Crippen molar-refractivity contribution in [1.29, 1.82) is 0 Å². The van der Waals surface area contributed by atoms with Gasteiger partial charge in [0.2, 0.25) is 0 Å². The van der Waals surface area contributed by atoms with Crippen LogP contribution in [0.5, 0.6) is 11.5 Å². The maximum Gasteiger partial charge on any atom is 0.193 e. The standard InChI is InChI=1S/C20H28N4O2S.HI/c1-14-13-27-19(23-14)6-5-8-22-20(21-2)24-9-7-15-10-17(25-3)18(26-4)11-16(15)12-24;/h10-11,13H,5-9,12H2,1-4H3,(H,21,22);1H. The highest BCUT2D eigenvalue weighted by Gasteiger charge is 2.21. The molecule has 0 radical (unpaired) electrons. The van der Waals surface area contributed by atoms with Gasteiger partial charge < -0.3 is 19.7 Å². The maximum atomic E-state index is 5.45. The van der Waals surface area contributed by atoms with E-state index in [0.717, 1.165) is 62.0 Å². The Bertz CT molecular complexity index is 809. The van der Waals surface area contributed by atoms with Gasteiger partial charge in [-0.15, -0.1) is 35.3 Å². The van der Waals surface area contributed by atoms with Gasteiger partial charge in [0.15, 0.2) is 17.5 Å². The Morgan fingerprint density at radius 3 is 2.57 bits per heavy atom. The Morgan fingerprint density at radius 2 is 1.96 bits per heavy atom. The maximum absolute atomic E-state index is 5.45. The number of aryl methyl sites for hydroxylation is 2. The quantitative estimate of drug-likeness (QED) is 0.275. The first-order chi connectivity index (χ1) is 13.1. The van der Waals surface area contributed by atoms with Crippen LogP contribution in [-0.2, 0) is 19.4 Å². The molecule has 1 aliphatic heterocycles. The highest BCUT2D eigenvalue weighted by atomic mass is 127. The first-order valence-electron chi connectivity index (χ1n) is 9.25. The fourth-order valence-corrected chi connectivity index (χ4v) is 4.17. The van der Waals surface area contributed by atoms with Gasteiger partial charge in [0.1, 0.15) is 0 Å².